The van der Waals surface area contributed by atoms with Gasteiger partial charge in [0.05, 0.1) is 12.3 Å². The molecule has 0 aromatic carbocycles. The number of nitrogens with zero attached hydrogens (tertiary/aromatic N) is 2. The molecule has 0 spiro atoms. The summed E-state index contributed by atoms with van der Waals surface area (Å²) in [5.41, 5.74) is 1.93. The maximum Gasteiger partial charge on any atom is 0.327 e. The molecule has 0 saturated heterocycles. The molecule has 1 aromatic heterocycles. The SMILES string of the molecule is CCOC(=O)C(NC1CCCC1)c1cn(C)nc1CC. The molecule has 5 nitrogen and oxygen atoms in total. The van der Waals surface area contributed by atoms with Gasteiger partial charge in [0.2, 0.25) is 0 Å². The van der Waals surface area contributed by atoms with E-state index in [1.807, 2.05) is 20.2 Å². The van der Waals surface area contributed by atoms with Gasteiger partial charge < -0.3 is 4.74 Å². The highest BCUT2D eigenvalue weighted by molar-refractivity contribution is 5.78. The van der Waals surface area contributed by atoms with Crippen LogP contribution in [0.25, 0.3) is 0 Å². The van der Waals surface area contributed by atoms with E-state index in [1.165, 1.54) is 12.8 Å². The van der Waals surface area contributed by atoms with E-state index >= 15 is 0 Å². The van der Waals surface area contributed by atoms with Gasteiger partial charge in [-0.05, 0) is 26.2 Å². The van der Waals surface area contributed by atoms with Crippen molar-refractivity contribution in [3.8, 4) is 0 Å². The summed E-state index contributed by atoms with van der Waals surface area (Å²) in [5, 5.41) is 7.91. The predicted octanol–water partition coefficient (Wildman–Crippen LogP) is 2.12. The van der Waals surface area contributed by atoms with Crippen molar-refractivity contribution in [2.24, 2.45) is 7.05 Å². The Morgan fingerprint density at radius 2 is 2.20 bits per heavy atom. The molecule has 5 heteroatoms. The summed E-state index contributed by atoms with van der Waals surface area (Å²) in [7, 11) is 1.89. The third kappa shape index (κ3) is 3.39. The molecule has 0 bridgehead atoms. The lowest BCUT2D eigenvalue weighted by Gasteiger charge is -2.21. The van der Waals surface area contributed by atoms with Gasteiger partial charge in [-0.25, -0.2) is 4.79 Å². The molecule has 1 N–H and O–H groups in total. The third-order valence-corrected chi connectivity index (χ3v) is 3.86. The van der Waals surface area contributed by atoms with E-state index < -0.39 is 0 Å². The van der Waals surface area contributed by atoms with Crippen LogP contribution >= 0.6 is 0 Å². The molecule has 20 heavy (non-hydrogen) atoms. The zero-order chi connectivity index (χ0) is 14.5. The number of rotatable bonds is 6. The molecule has 0 aliphatic heterocycles. The second-order valence-electron chi connectivity index (χ2n) is 5.39. The number of carbonyl (C=O) groups excluding carboxylic acids is 1. The summed E-state index contributed by atoms with van der Waals surface area (Å²) >= 11 is 0. The molecule has 112 valence electrons. The lowest BCUT2D eigenvalue weighted by atomic mass is 10.0. The van der Waals surface area contributed by atoms with Crippen LogP contribution in [0, 0.1) is 0 Å². The second kappa shape index (κ2) is 6.88. The molecule has 0 radical (unpaired) electrons. The fourth-order valence-electron chi connectivity index (χ4n) is 2.91. The van der Waals surface area contributed by atoms with E-state index in [9.17, 15) is 4.79 Å². The van der Waals surface area contributed by atoms with Crippen molar-refractivity contribution in [2.45, 2.75) is 58.0 Å². The highest BCUT2D eigenvalue weighted by Crippen LogP contribution is 2.25. The van der Waals surface area contributed by atoms with Gasteiger partial charge in [-0.3, -0.25) is 10.00 Å². The molecule has 1 atom stereocenters. The zero-order valence-electron chi connectivity index (χ0n) is 12.7. The summed E-state index contributed by atoms with van der Waals surface area (Å²) in [5.74, 6) is -0.193. The largest absolute Gasteiger partial charge is 0.465 e. The van der Waals surface area contributed by atoms with E-state index in [1.54, 1.807) is 4.68 Å². The zero-order valence-corrected chi connectivity index (χ0v) is 12.7. The number of aryl methyl sites for hydroxylation is 2. The summed E-state index contributed by atoms with van der Waals surface area (Å²) in [6, 6.07) is 0.0241. The highest BCUT2D eigenvalue weighted by Gasteiger charge is 2.29. The average molecular weight is 279 g/mol. The summed E-state index contributed by atoms with van der Waals surface area (Å²) in [4.78, 5) is 12.3. The molecule has 0 amide bonds. The summed E-state index contributed by atoms with van der Waals surface area (Å²) in [6.45, 7) is 4.31. The van der Waals surface area contributed by atoms with E-state index in [0.717, 1.165) is 30.5 Å². The van der Waals surface area contributed by atoms with Crippen LogP contribution < -0.4 is 5.32 Å². The van der Waals surface area contributed by atoms with Crippen LogP contribution in [0.2, 0.25) is 0 Å². The minimum Gasteiger partial charge on any atom is -0.465 e. The molecule has 2 rings (SSSR count). The van der Waals surface area contributed by atoms with Crippen molar-refractivity contribution in [3.05, 3.63) is 17.5 Å². The van der Waals surface area contributed by atoms with Gasteiger partial charge in [0, 0.05) is 24.8 Å². The Kier molecular flexibility index (Phi) is 5.17. The van der Waals surface area contributed by atoms with Crippen molar-refractivity contribution < 1.29 is 9.53 Å². The number of ether oxygens (including phenoxy) is 1. The van der Waals surface area contributed by atoms with E-state index in [0.29, 0.717) is 12.6 Å². The number of hydrogen-bond donors (Lipinski definition) is 1. The molecule has 1 unspecified atom stereocenters. The minimum atomic E-state index is -0.387. The van der Waals surface area contributed by atoms with Gasteiger partial charge in [0.25, 0.3) is 0 Å². The lowest BCUT2D eigenvalue weighted by Crippen LogP contribution is -2.36. The molecular weight excluding hydrogens is 254 g/mol. The van der Waals surface area contributed by atoms with Crippen LogP contribution in [0.15, 0.2) is 6.20 Å². The minimum absolute atomic E-state index is 0.193. The van der Waals surface area contributed by atoms with Gasteiger partial charge in [-0.1, -0.05) is 19.8 Å². The summed E-state index contributed by atoms with van der Waals surface area (Å²) in [6.07, 6.45) is 7.50. The van der Waals surface area contributed by atoms with Crippen LogP contribution in [0.3, 0.4) is 0 Å². The van der Waals surface area contributed by atoms with Crippen molar-refractivity contribution in [1.29, 1.82) is 0 Å². The highest BCUT2D eigenvalue weighted by atomic mass is 16.5. The smallest absolute Gasteiger partial charge is 0.327 e. The third-order valence-electron chi connectivity index (χ3n) is 3.86. The van der Waals surface area contributed by atoms with Crippen molar-refractivity contribution >= 4 is 5.97 Å². The summed E-state index contributed by atoms with van der Waals surface area (Å²) < 4.78 is 7.01. The topological polar surface area (TPSA) is 56.1 Å². The van der Waals surface area contributed by atoms with Crippen LogP contribution in [0.1, 0.15) is 56.8 Å². The van der Waals surface area contributed by atoms with Gasteiger partial charge in [-0.2, -0.15) is 5.10 Å². The first kappa shape index (κ1) is 15.0. The Balaban J connectivity index is 2.21. The number of aromatic nitrogens is 2. The fraction of sp³-hybridized carbons (Fsp3) is 0.733. The Morgan fingerprint density at radius 1 is 1.50 bits per heavy atom. The fourth-order valence-corrected chi connectivity index (χ4v) is 2.91. The average Bonchev–Trinajstić information content (AvgIpc) is 3.05. The molecule has 1 saturated carbocycles. The molecular formula is C15H25N3O2. The van der Waals surface area contributed by atoms with Crippen LogP contribution in [-0.2, 0) is 23.0 Å². The molecule has 1 heterocycles. The van der Waals surface area contributed by atoms with Crippen molar-refractivity contribution in [2.75, 3.05) is 6.61 Å². The van der Waals surface area contributed by atoms with Gasteiger partial charge in [0.1, 0.15) is 6.04 Å². The number of hydrogen-bond acceptors (Lipinski definition) is 4. The van der Waals surface area contributed by atoms with E-state index in [-0.39, 0.29) is 12.0 Å². The van der Waals surface area contributed by atoms with E-state index in [2.05, 4.69) is 17.3 Å². The van der Waals surface area contributed by atoms with Gasteiger partial charge in [-0.15, -0.1) is 0 Å². The first-order chi connectivity index (χ1) is 9.65. The van der Waals surface area contributed by atoms with Crippen molar-refractivity contribution in [3.63, 3.8) is 0 Å². The van der Waals surface area contributed by atoms with Gasteiger partial charge in [0.15, 0.2) is 0 Å². The first-order valence-electron chi connectivity index (χ1n) is 7.60. The normalized spacial score (nSPS) is 17.4. The number of carbonyl (C=O) groups is 1. The van der Waals surface area contributed by atoms with Crippen LogP contribution in [-0.4, -0.2) is 28.4 Å². The lowest BCUT2D eigenvalue weighted by molar-refractivity contribution is -0.146. The number of nitrogens with one attached hydrogen (secondary N) is 1. The Bertz CT molecular complexity index is 450. The Morgan fingerprint density at radius 3 is 2.80 bits per heavy atom. The van der Waals surface area contributed by atoms with Crippen LogP contribution in [0.4, 0.5) is 0 Å². The Hall–Kier alpha value is -1.36. The quantitative estimate of drug-likeness (QED) is 0.810. The first-order valence-corrected chi connectivity index (χ1v) is 7.60. The number of esters is 1. The standard InChI is InChI=1S/C15H25N3O2/c1-4-13-12(10-18(3)17-13)14(15(19)20-5-2)16-11-8-6-7-9-11/h10-11,14,16H,4-9H2,1-3H3. The molecule has 1 aliphatic carbocycles. The molecule has 1 aromatic rings. The van der Waals surface area contributed by atoms with E-state index in [4.69, 9.17) is 4.74 Å². The predicted molar refractivity (Wildman–Crippen MR) is 77.4 cm³/mol. The maximum atomic E-state index is 12.3. The van der Waals surface area contributed by atoms with Crippen LogP contribution in [0.5, 0.6) is 0 Å². The van der Waals surface area contributed by atoms with Crippen molar-refractivity contribution in [1.82, 2.24) is 15.1 Å². The molecule has 1 fully saturated rings. The van der Waals surface area contributed by atoms with Gasteiger partial charge >= 0.3 is 5.97 Å². The monoisotopic (exact) mass is 279 g/mol. The second-order valence-corrected chi connectivity index (χ2v) is 5.39. The molecule has 1 aliphatic rings. The Labute approximate surface area is 120 Å². The maximum absolute atomic E-state index is 12.3.